The number of carbonyl (C=O) groups is 1. The molecule has 1 aliphatic heterocycles. The van der Waals surface area contributed by atoms with Crippen LogP contribution < -0.4 is 5.73 Å². The lowest BCUT2D eigenvalue weighted by atomic mass is 10.1. The Kier molecular flexibility index (Phi) is 2.17. The summed E-state index contributed by atoms with van der Waals surface area (Å²) < 4.78 is 5.23. The molecule has 1 aliphatic rings. The summed E-state index contributed by atoms with van der Waals surface area (Å²) in [5, 5.41) is 0. The maximum atomic E-state index is 11.1. The standard InChI is InChI=1S/C9H11N3O2/c1-5(13)9-11-7-4-14-3-2-6(7)8(10)12-9/h2-4H2,1H3,(H2,10,11,12). The Balaban J connectivity index is 2.51. The first kappa shape index (κ1) is 9.08. The van der Waals surface area contributed by atoms with Crippen molar-refractivity contribution >= 4 is 11.6 Å². The predicted octanol–water partition coefficient (Wildman–Crippen LogP) is 0.334. The summed E-state index contributed by atoms with van der Waals surface area (Å²) in [5.74, 6) is 0.403. The van der Waals surface area contributed by atoms with Gasteiger partial charge in [-0.15, -0.1) is 0 Å². The van der Waals surface area contributed by atoms with Crippen LogP contribution in [0.1, 0.15) is 28.8 Å². The van der Waals surface area contributed by atoms with E-state index in [9.17, 15) is 4.79 Å². The topological polar surface area (TPSA) is 78.1 Å². The van der Waals surface area contributed by atoms with E-state index in [1.54, 1.807) is 0 Å². The number of fused-ring (bicyclic) bond motifs is 1. The molecule has 14 heavy (non-hydrogen) atoms. The van der Waals surface area contributed by atoms with Gasteiger partial charge >= 0.3 is 0 Å². The summed E-state index contributed by atoms with van der Waals surface area (Å²) >= 11 is 0. The van der Waals surface area contributed by atoms with E-state index in [4.69, 9.17) is 10.5 Å². The second kappa shape index (κ2) is 3.34. The van der Waals surface area contributed by atoms with Gasteiger partial charge in [0, 0.05) is 18.9 Å². The van der Waals surface area contributed by atoms with Crippen molar-refractivity contribution in [1.29, 1.82) is 0 Å². The number of hydrogen-bond acceptors (Lipinski definition) is 5. The fraction of sp³-hybridized carbons (Fsp3) is 0.444. The molecule has 74 valence electrons. The van der Waals surface area contributed by atoms with Gasteiger partial charge < -0.3 is 10.5 Å². The Morgan fingerprint density at radius 3 is 3.00 bits per heavy atom. The van der Waals surface area contributed by atoms with Crippen LogP contribution in [0, 0.1) is 0 Å². The van der Waals surface area contributed by atoms with Crippen LogP contribution in [0.4, 0.5) is 5.82 Å². The molecule has 2 N–H and O–H groups in total. The van der Waals surface area contributed by atoms with E-state index in [2.05, 4.69) is 9.97 Å². The second-order valence-electron chi connectivity index (χ2n) is 3.22. The molecule has 0 fully saturated rings. The van der Waals surface area contributed by atoms with Gasteiger partial charge in [0.05, 0.1) is 18.9 Å². The molecule has 0 amide bonds. The number of ketones is 1. The van der Waals surface area contributed by atoms with Gasteiger partial charge in [-0.25, -0.2) is 9.97 Å². The first-order valence-corrected chi connectivity index (χ1v) is 4.42. The molecule has 0 saturated carbocycles. The molecule has 5 heteroatoms. The summed E-state index contributed by atoms with van der Waals surface area (Å²) in [6, 6.07) is 0. The fourth-order valence-electron chi connectivity index (χ4n) is 1.44. The molecule has 5 nitrogen and oxygen atoms in total. The monoisotopic (exact) mass is 193 g/mol. The smallest absolute Gasteiger partial charge is 0.197 e. The molecule has 2 heterocycles. The van der Waals surface area contributed by atoms with Crippen LogP contribution in [0.5, 0.6) is 0 Å². The number of aromatic nitrogens is 2. The largest absolute Gasteiger partial charge is 0.383 e. The van der Waals surface area contributed by atoms with Gasteiger partial charge in [0.25, 0.3) is 0 Å². The second-order valence-corrected chi connectivity index (χ2v) is 3.22. The highest BCUT2D eigenvalue weighted by Gasteiger charge is 2.17. The Bertz CT molecular complexity index is 390. The van der Waals surface area contributed by atoms with Gasteiger partial charge in [-0.1, -0.05) is 0 Å². The average molecular weight is 193 g/mol. The minimum Gasteiger partial charge on any atom is -0.383 e. The third-order valence-corrected chi connectivity index (χ3v) is 2.17. The third-order valence-electron chi connectivity index (χ3n) is 2.17. The minimum absolute atomic E-state index is 0.173. The molecule has 0 spiro atoms. The normalized spacial score (nSPS) is 14.9. The van der Waals surface area contributed by atoms with E-state index in [0.29, 0.717) is 19.0 Å². The quantitative estimate of drug-likeness (QED) is 0.650. The molecule has 1 aromatic rings. The number of carbonyl (C=O) groups excluding carboxylic acids is 1. The van der Waals surface area contributed by atoms with Crippen LogP contribution in [-0.2, 0) is 17.8 Å². The van der Waals surface area contributed by atoms with Crippen LogP contribution in [0.15, 0.2) is 0 Å². The van der Waals surface area contributed by atoms with Gasteiger partial charge in [0.15, 0.2) is 11.6 Å². The summed E-state index contributed by atoms with van der Waals surface area (Å²) in [5.41, 5.74) is 7.38. The number of nitrogens with zero attached hydrogens (tertiary/aromatic N) is 2. The molecule has 0 saturated heterocycles. The summed E-state index contributed by atoms with van der Waals surface area (Å²) in [4.78, 5) is 19.1. The highest BCUT2D eigenvalue weighted by molar-refractivity contribution is 5.90. The summed E-state index contributed by atoms with van der Waals surface area (Å²) in [6.07, 6.45) is 0.722. The van der Waals surface area contributed by atoms with E-state index in [-0.39, 0.29) is 11.6 Å². The van der Waals surface area contributed by atoms with Crippen molar-refractivity contribution in [3.05, 3.63) is 17.1 Å². The highest BCUT2D eigenvalue weighted by Crippen LogP contribution is 2.19. The van der Waals surface area contributed by atoms with Crippen molar-refractivity contribution in [2.24, 2.45) is 0 Å². The number of ether oxygens (including phenoxy) is 1. The molecule has 0 unspecified atom stereocenters. The van der Waals surface area contributed by atoms with Crippen LogP contribution in [0.25, 0.3) is 0 Å². The van der Waals surface area contributed by atoms with Crippen LogP contribution in [0.2, 0.25) is 0 Å². The van der Waals surface area contributed by atoms with Gasteiger partial charge in [-0.05, 0) is 0 Å². The van der Waals surface area contributed by atoms with Crippen molar-refractivity contribution < 1.29 is 9.53 Å². The molecule has 0 bridgehead atoms. The zero-order chi connectivity index (χ0) is 10.1. The highest BCUT2D eigenvalue weighted by atomic mass is 16.5. The lowest BCUT2D eigenvalue weighted by molar-refractivity contribution is 0.0990. The van der Waals surface area contributed by atoms with E-state index >= 15 is 0 Å². The number of rotatable bonds is 1. The lowest BCUT2D eigenvalue weighted by Crippen LogP contribution is -2.18. The molecule has 0 aliphatic carbocycles. The van der Waals surface area contributed by atoms with Gasteiger partial charge in [0.2, 0.25) is 0 Å². The lowest BCUT2D eigenvalue weighted by Gasteiger charge is -2.16. The van der Waals surface area contributed by atoms with E-state index in [1.165, 1.54) is 6.92 Å². The number of nitrogens with two attached hydrogens (primary N) is 1. The summed E-state index contributed by atoms with van der Waals surface area (Å²) in [6.45, 7) is 2.48. The van der Waals surface area contributed by atoms with Crippen molar-refractivity contribution in [1.82, 2.24) is 9.97 Å². The van der Waals surface area contributed by atoms with Crippen molar-refractivity contribution in [2.75, 3.05) is 12.3 Å². The molecule has 0 atom stereocenters. The maximum Gasteiger partial charge on any atom is 0.197 e. The molecule has 2 rings (SSSR count). The fourth-order valence-corrected chi connectivity index (χ4v) is 1.44. The van der Waals surface area contributed by atoms with Gasteiger partial charge in [-0.3, -0.25) is 4.79 Å². The summed E-state index contributed by atoms with van der Waals surface area (Å²) in [7, 11) is 0. The predicted molar refractivity (Wildman–Crippen MR) is 49.8 cm³/mol. The van der Waals surface area contributed by atoms with Gasteiger partial charge in [0.1, 0.15) is 5.82 Å². The average Bonchev–Trinajstić information content (AvgIpc) is 2.17. The molecular weight excluding hydrogens is 182 g/mol. The van der Waals surface area contributed by atoms with Crippen molar-refractivity contribution in [3.8, 4) is 0 Å². The van der Waals surface area contributed by atoms with E-state index in [0.717, 1.165) is 17.7 Å². The number of nitrogen functional groups attached to an aromatic ring is 1. The Hall–Kier alpha value is -1.49. The van der Waals surface area contributed by atoms with Crippen LogP contribution in [-0.4, -0.2) is 22.4 Å². The molecule has 0 radical (unpaired) electrons. The molecule has 1 aromatic heterocycles. The molecular formula is C9H11N3O2. The van der Waals surface area contributed by atoms with Crippen LogP contribution >= 0.6 is 0 Å². The SMILES string of the molecule is CC(=O)c1nc(N)c2c(n1)COCC2. The minimum atomic E-state index is -0.176. The van der Waals surface area contributed by atoms with Gasteiger partial charge in [-0.2, -0.15) is 0 Å². The zero-order valence-electron chi connectivity index (χ0n) is 7.91. The third kappa shape index (κ3) is 1.46. The van der Waals surface area contributed by atoms with Crippen molar-refractivity contribution in [2.45, 2.75) is 20.0 Å². The zero-order valence-corrected chi connectivity index (χ0v) is 7.91. The Morgan fingerprint density at radius 2 is 2.29 bits per heavy atom. The van der Waals surface area contributed by atoms with Crippen molar-refractivity contribution in [3.63, 3.8) is 0 Å². The number of Topliss-reactive ketones (excluding diaryl/α,β-unsaturated/α-hetero) is 1. The maximum absolute atomic E-state index is 11.1. The van der Waals surface area contributed by atoms with Crippen LogP contribution in [0.3, 0.4) is 0 Å². The van der Waals surface area contributed by atoms with E-state index < -0.39 is 0 Å². The van der Waals surface area contributed by atoms with E-state index in [1.807, 2.05) is 0 Å². The first-order valence-electron chi connectivity index (χ1n) is 4.42. The number of hydrogen-bond donors (Lipinski definition) is 1. The Labute approximate surface area is 81.3 Å². The first-order chi connectivity index (χ1) is 6.68. The number of anilines is 1. The molecule has 0 aromatic carbocycles. The Morgan fingerprint density at radius 1 is 1.50 bits per heavy atom.